The average molecular weight is 376 g/mol. The number of fused-ring (bicyclic) bond motifs is 1. The predicted molar refractivity (Wildman–Crippen MR) is 112 cm³/mol. The summed E-state index contributed by atoms with van der Waals surface area (Å²) in [5, 5.41) is 6.43. The van der Waals surface area contributed by atoms with Crippen molar-refractivity contribution in [1.29, 1.82) is 0 Å². The first kappa shape index (κ1) is 19.4. The van der Waals surface area contributed by atoms with Crippen LogP contribution in [0.4, 0.5) is 5.69 Å². The highest BCUT2D eigenvalue weighted by Gasteiger charge is 2.11. The van der Waals surface area contributed by atoms with Gasteiger partial charge in [-0.25, -0.2) is 0 Å². The number of furan rings is 1. The molecule has 1 heterocycles. The number of carbonyl (C=O) groups is 2. The SMILES string of the molecule is CCc1ccccc1NC(=O)CNC(=O)/C=C/c1c(CC)oc2ccccc12. The van der Waals surface area contributed by atoms with E-state index in [1.54, 1.807) is 6.08 Å². The molecule has 0 saturated heterocycles. The van der Waals surface area contributed by atoms with Crippen LogP contribution in [0, 0.1) is 0 Å². The molecule has 0 unspecified atom stereocenters. The van der Waals surface area contributed by atoms with Gasteiger partial charge in [0.15, 0.2) is 0 Å². The minimum atomic E-state index is -0.328. The van der Waals surface area contributed by atoms with Crippen LogP contribution >= 0.6 is 0 Å². The van der Waals surface area contributed by atoms with E-state index in [1.807, 2.05) is 62.4 Å². The van der Waals surface area contributed by atoms with Crippen LogP contribution in [0.3, 0.4) is 0 Å². The second kappa shape index (κ2) is 9.04. The molecular weight excluding hydrogens is 352 g/mol. The van der Waals surface area contributed by atoms with E-state index in [4.69, 9.17) is 4.42 Å². The fourth-order valence-electron chi connectivity index (χ4n) is 3.09. The fourth-order valence-corrected chi connectivity index (χ4v) is 3.09. The average Bonchev–Trinajstić information content (AvgIpc) is 3.09. The molecule has 3 aromatic rings. The molecule has 0 spiro atoms. The van der Waals surface area contributed by atoms with Crippen LogP contribution in [0.15, 0.2) is 59.0 Å². The number of benzene rings is 2. The minimum absolute atomic E-state index is 0.0893. The Balaban J connectivity index is 1.61. The van der Waals surface area contributed by atoms with E-state index in [2.05, 4.69) is 10.6 Å². The summed E-state index contributed by atoms with van der Waals surface area (Å²) in [5.74, 6) is 0.246. The lowest BCUT2D eigenvalue weighted by Crippen LogP contribution is -2.31. The van der Waals surface area contributed by atoms with Gasteiger partial charge in [-0.05, 0) is 30.2 Å². The van der Waals surface area contributed by atoms with E-state index in [0.717, 1.165) is 46.4 Å². The molecule has 3 rings (SSSR count). The molecule has 144 valence electrons. The molecular formula is C23H24N2O3. The summed E-state index contributed by atoms with van der Waals surface area (Å²) in [6.45, 7) is 3.95. The maximum absolute atomic E-state index is 12.1. The number of carbonyl (C=O) groups excluding carboxylic acids is 2. The van der Waals surface area contributed by atoms with Crippen molar-refractivity contribution < 1.29 is 14.0 Å². The smallest absolute Gasteiger partial charge is 0.244 e. The molecule has 0 fully saturated rings. The molecule has 5 heteroatoms. The Morgan fingerprint density at radius 3 is 2.54 bits per heavy atom. The third-order valence-corrected chi connectivity index (χ3v) is 4.53. The van der Waals surface area contributed by atoms with Gasteiger partial charge in [0.05, 0.1) is 6.54 Å². The fraction of sp³-hybridized carbons (Fsp3) is 0.217. The third-order valence-electron chi connectivity index (χ3n) is 4.53. The van der Waals surface area contributed by atoms with Crippen molar-refractivity contribution >= 4 is 34.5 Å². The van der Waals surface area contributed by atoms with Crippen LogP contribution in [0.2, 0.25) is 0 Å². The standard InChI is InChI=1S/C23H24N2O3/c1-3-16-9-5-7-11-19(16)25-23(27)15-24-22(26)14-13-18-17-10-6-8-12-21(17)28-20(18)4-2/h5-14H,3-4,15H2,1-2H3,(H,24,26)(H,25,27)/b14-13+. The number of amides is 2. The topological polar surface area (TPSA) is 71.3 Å². The lowest BCUT2D eigenvalue weighted by atomic mass is 10.1. The molecule has 0 saturated carbocycles. The molecule has 0 aliphatic heterocycles. The zero-order valence-corrected chi connectivity index (χ0v) is 16.1. The number of hydrogen-bond acceptors (Lipinski definition) is 3. The Bertz CT molecular complexity index is 1020. The van der Waals surface area contributed by atoms with Crippen molar-refractivity contribution in [2.75, 3.05) is 11.9 Å². The van der Waals surface area contributed by atoms with Gasteiger partial charge in [-0.3, -0.25) is 9.59 Å². The van der Waals surface area contributed by atoms with Gasteiger partial charge in [-0.1, -0.05) is 50.2 Å². The van der Waals surface area contributed by atoms with Gasteiger partial charge in [0.1, 0.15) is 11.3 Å². The number of aryl methyl sites for hydroxylation is 2. The first-order valence-corrected chi connectivity index (χ1v) is 9.46. The first-order chi connectivity index (χ1) is 13.6. The Labute approximate surface area is 164 Å². The van der Waals surface area contributed by atoms with Gasteiger partial charge in [0.25, 0.3) is 0 Å². The van der Waals surface area contributed by atoms with Gasteiger partial charge < -0.3 is 15.1 Å². The normalized spacial score (nSPS) is 11.1. The third kappa shape index (κ3) is 4.49. The molecule has 2 N–H and O–H groups in total. The van der Waals surface area contributed by atoms with Crippen molar-refractivity contribution in [1.82, 2.24) is 5.32 Å². The lowest BCUT2D eigenvalue weighted by molar-refractivity contribution is -0.121. The van der Waals surface area contributed by atoms with E-state index < -0.39 is 0 Å². The number of anilines is 1. The summed E-state index contributed by atoms with van der Waals surface area (Å²) < 4.78 is 5.82. The van der Waals surface area contributed by atoms with E-state index in [0.29, 0.717) is 0 Å². The molecule has 0 atom stereocenters. The van der Waals surface area contributed by atoms with Crippen molar-refractivity contribution in [3.8, 4) is 0 Å². The molecule has 0 bridgehead atoms. The monoisotopic (exact) mass is 376 g/mol. The largest absolute Gasteiger partial charge is 0.460 e. The van der Waals surface area contributed by atoms with Gasteiger partial charge in [-0.2, -0.15) is 0 Å². The van der Waals surface area contributed by atoms with Crippen LogP contribution < -0.4 is 10.6 Å². The Kier molecular flexibility index (Phi) is 6.27. The molecule has 0 radical (unpaired) electrons. The van der Waals surface area contributed by atoms with Gasteiger partial charge in [-0.15, -0.1) is 0 Å². The van der Waals surface area contributed by atoms with Crippen LogP contribution in [0.25, 0.3) is 17.0 Å². The number of hydrogen-bond donors (Lipinski definition) is 2. The van der Waals surface area contributed by atoms with Crippen LogP contribution in [-0.2, 0) is 22.4 Å². The van der Waals surface area contributed by atoms with Crippen molar-refractivity contribution in [2.24, 2.45) is 0 Å². The molecule has 2 aromatic carbocycles. The van der Waals surface area contributed by atoms with Gasteiger partial charge in [0, 0.05) is 29.1 Å². The Hall–Kier alpha value is -3.34. The summed E-state index contributed by atoms with van der Waals surface area (Å²) in [6, 6.07) is 15.4. The molecule has 2 amide bonds. The van der Waals surface area contributed by atoms with E-state index >= 15 is 0 Å². The second-order valence-corrected chi connectivity index (χ2v) is 6.40. The van der Waals surface area contributed by atoms with Crippen LogP contribution in [0.1, 0.15) is 30.7 Å². The molecule has 0 aliphatic carbocycles. The summed E-state index contributed by atoms with van der Waals surface area (Å²) in [6.07, 6.45) is 4.73. The van der Waals surface area contributed by atoms with E-state index in [1.165, 1.54) is 6.08 Å². The number of rotatable bonds is 7. The van der Waals surface area contributed by atoms with E-state index in [-0.39, 0.29) is 18.4 Å². The first-order valence-electron chi connectivity index (χ1n) is 9.46. The summed E-state index contributed by atoms with van der Waals surface area (Å²) in [4.78, 5) is 24.3. The summed E-state index contributed by atoms with van der Waals surface area (Å²) in [7, 11) is 0. The van der Waals surface area contributed by atoms with Crippen molar-refractivity contribution in [3.63, 3.8) is 0 Å². The highest BCUT2D eigenvalue weighted by atomic mass is 16.3. The highest BCUT2D eigenvalue weighted by molar-refractivity contribution is 5.99. The van der Waals surface area contributed by atoms with Crippen LogP contribution in [-0.4, -0.2) is 18.4 Å². The quantitative estimate of drug-likeness (QED) is 0.603. The van der Waals surface area contributed by atoms with Crippen LogP contribution in [0.5, 0.6) is 0 Å². The molecule has 28 heavy (non-hydrogen) atoms. The summed E-state index contributed by atoms with van der Waals surface area (Å²) in [5.41, 5.74) is 3.53. The number of nitrogens with one attached hydrogen (secondary N) is 2. The van der Waals surface area contributed by atoms with E-state index in [9.17, 15) is 9.59 Å². The Morgan fingerprint density at radius 2 is 1.75 bits per heavy atom. The maximum Gasteiger partial charge on any atom is 0.244 e. The zero-order valence-electron chi connectivity index (χ0n) is 16.1. The van der Waals surface area contributed by atoms with Gasteiger partial charge in [0.2, 0.25) is 11.8 Å². The lowest BCUT2D eigenvalue weighted by Gasteiger charge is -2.09. The predicted octanol–water partition coefficient (Wildman–Crippen LogP) is 4.33. The Morgan fingerprint density at radius 1 is 1.00 bits per heavy atom. The second-order valence-electron chi connectivity index (χ2n) is 6.40. The summed E-state index contributed by atoms with van der Waals surface area (Å²) >= 11 is 0. The zero-order chi connectivity index (χ0) is 19.9. The van der Waals surface area contributed by atoms with Gasteiger partial charge >= 0.3 is 0 Å². The maximum atomic E-state index is 12.1. The molecule has 1 aromatic heterocycles. The number of para-hydroxylation sites is 2. The minimum Gasteiger partial charge on any atom is -0.460 e. The molecule has 0 aliphatic rings. The van der Waals surface area contributed by atoms with Crippen molar-refractivity contribution in [2.45, 2.75) is 26.7 Å². The van der Waals surface area contributed by atoms with Crippen molar-refractivity contribution in [3.05, 3.63) is 71.5 Å². The highest BCUT2D eigenvalue weighted by Crippen LogP contribution is 2.27. The molecule has 5 nitrogen and oxygen atoms in total.